The van der Waals surface area contributed by atoms with Crippen molar-refractivity contribution in [2.24, 2.45) is 11.3 Å². The largest absolute Gasteiger partial charge is 0.465 e. The molecule has 1 atom stereocenters. The van der Waals surface area contributed by atoms with Gasteiger partial charge in [-0.2, -0.15) is 5.26 Å². The number of anilines is 1. The summed E-state index contributed by atoms with van der Waals surface area (Å²) in [6.45, 7) is 6.80. The second-order valence-corrected chi connectivity index (χ2v) is 8.57. The summed E-state index contributed by atoms with van der Waals surface area (Å²) in [7, 11) is 0. The highest BCUT2D eigenvalue weighted by Gasteiger charge is 2.32. The fourth-order valence-corrected chi connectivity index (χ4v) is 4.51. The van der Waals surface area contributed by atoms with Crippen LogP contribution in [-0.2, 0) is 17.6 Å². The molecule has 0 saturated heterocycles. The van der Waals surface area contributed by atoms with Gasteiger partial charge in [0.25, 0.3) is 0 Å². The van der Waals surface area contributed by atoms with E-state index in [9.17, 15) is 10.1 Å². The number of fused-ring (bicyclic) bond motifs is 1. The third kappa shape index (κ3) is 3.85. The molecule has 1 aliphatic rings. The highest BCUT2D eigenvalue weighted by atomic mass is 32.1. The van der Waals surface area contributed by atoms with Crippen LogP contribution in [-0.4, -0.2) is 5.91 Å². The van der Waals surface area contributed by atoms with E-state index < -0.39 is 0 Å². The van der Waals surface area contributed by atoms with Crippen molar-refractivity contribution in [1.29, 1.82) is 5.26 Å². The van der Waals surface area contributed by atoms with Gasteiger partial charge >= 0.3 is 0 Å². The number of hydrogen-bond acceptors (Lipinski definition) is 4. The lowest BCUT2D eigenvalue weighted by Crippen LogP contribution is -2.26. The van der Waals surface area contributed by atoms with Gasteiger partial charge in [0.05, 0.1) is 11.8 Å². The smallest absolute Gasteiger partial charge is 0.249 e. The quantitative estimate of drug-likeness (QED) is 0.787. The number of hydrogen-bond donors (Lipinski definition) is 1. The van der Waals surface area contributed by atoms with Crippen LogP contribution >= 0.6 is 11.3 Å². The predicted molar refractivity (Wildman–Crippen MR) is 100 cm³/mol. The van der Waals surface area contributed by atoms with E-state index in [-0.39, 0.29) is 11.3 Å². The van der Waals surface area contributed by atoms with Gasteiger partial charge in [0.2, 0.25) is 5.91 Å². The Morgan fingerprint density at radius 3 is 2.92 bits per heavy atom. The van der Waals surface area contributed by atoms with Crippen LogP contribution in [0.15, 0.2) is 28.9 Å². The first-order valence-electron chi connectivity index (χ1n) is 8.45. The van der Waals surface area contributed by atoms with E-state index in [0.717, 1.165) is 24.8 Å². The van der Waals surface area contributed by atoms with Crippen LogP contribution in [0.2, 0.25) is 0 Å². The third-order valence-electron chi connectivity index (χ3n) is 4.78. The first-order valence-corrected chi connectivity index (χ1v) is 9.27. The van der Waals surface area contributed by atoms with Gasteiger partial charge in [-0.1, -0.05) is 20.8 Å². The molecule has 3 rings (SSSR count). The number of nitrogens with zero attached hydrogens (tertiary/aromatic N) is 1. The maximum absolute atomic E-state index is 12.2. The van der Waals surface area contributed by atoms with Crippen molar-refractivity contribution < 1.29 is 9.21 Å². The van der Waals surface area contributed by atoms with E-state index in [4.69, 9.17) is 4.42 Å². The summed E-state index contributed by atoms with van der Waals surface area (Å²) in [6, 6.07) is 5.83. The Labute approximate surface area is 152 Å². The van der Waals surface area contributed by atoms with Crippen molar-refractivity contribution in [2.45, 2.75) is 40.0 Å². The molecule has 2 heterocycles. The minimum absolute atomic E-state index is 0.251. The number of carbonyl (C=O) groups excluding carboxylic acids is 1. The van der Waals surface area contributed by atoms with Crippen molar-refractivity contribution in [1.82, 2.24) is 0 Å². The van der Waals surface area contributed by atoms with E-state index in [1.54, 1.807) is 35.8 Å². The van der Waals surface area contributed by atoms with Crippen LogP contribution in [0, 0.1) is 22.7 Å². The molecule has 0 aliphatic heterocycles. The highest BCUT2D eigenvalue weighted by molar-refractivity contribution is 7.16. The third-order valence-corrected chi connectivity index (χ3v) is 5.95. The maximum Gasteiger partial charge on any atom is 0.249 e. The normalized spacial score (nSPS) is 17.3. The lowest BCUT2D eigenvalue weighted by Gasteiger charge is -2.33. The van der Waals surface area contributed by atoms with E-state index in [0.29, 0.717) is 22.2 Å². The van der Waals surface area contributed by atoms with Crippen molar-refractivity contribution in [3.63, 3.8) is 0 Å². The molecule has 0 spiro atoms. The summed E-state index contributed by atoms with van der Waals surface area (Å²) in [5, 5.41) is 13.1. The number of furan rings is 1. The van der Waals surface area contributed by atoms with E-state index >= 15 is 0 Å². The number of rotatable bonds is 3. The first-order chi connectivity index (χ1) is 11.9. The zero-order valence-electron chi connectivity index (χ0n) is 14.8. The zero-order chi connectivity index (χ0) is 18.0. The summed E-state index contributed by atoms with van der Waals surface area (Å²) in [4.78, 5) is 13.4. The summed E-state index contributed by atoms with van der Waals surface area (Å²) < 4.78 is 5.17. The molecular formula is C20H22N2O2S. The van der Waals surface area contributed by atoms with Crippen molar-refractivity contribution >= 4 is 28.3 Å². The molecule has 0 fully saturated rings. The molecule has 0 unspecified atom stereocenters. The molecule has 130 valence electrons. The SMILES string of the molecule is CC(C)(C)[C@@H]1CCc2c(sc(NC(=O)/C=C/c3ccco3)c2C#N)C1. The molecule has 2 aromatic heterocycles. The van der Waals surface area contributed by atoms with Gasteiger partial charge in [-0.25, -0.2) is 0 Å². The Morgan fingerprint density at radius 2 is 2.28 bits per heavy atom. The maximum atomic E-state index is 12.2. The van der Waals surface area contributed by atoms with E-state index in [2.05, 4.69) is 32.2 Å². The number of nitrogens with one attached hydrogen (secondary N) is 1. The minimum Gasteiger partial charge on any atom is -0.465 e. The molecule has 1 amide bonds. The molecule has 5 heteroatoms. The molecular weight excluding hydrogens is 332 g/mol. The summed E-state index contributed by atoms with van der Waals surface area (Å²) >= 11 is 1.55. The molecule has 0 saturated carbocycles. The second kappa shape index (κ2) is 6.89. The van der Waals surface area contributed by atoms with Gasteiger partial charge in [-0.3, -0.25) is 4.79 Å². The topological polar surface area (TPSA) is 66.0 Å². The molecule has 25 heavy (non-hydrogen) atoms. The monoisotopic (exact) mass is 354 g/mol. The number of amides is 1. The van der Waals surface area contributed by atoms with Crippen molar-refractivity contribution in [2.75, 3.05) is 5.32 Å². The Morgan fingerprint density at radius 1 is 1.48 bits per heavy atom. The average molecular weight is 354 g/mol. The van der Waals surface area contributed by atoms with Crippen LogP contribution in [0.5, 0.6) is 0 Å². The molecule has 1 aliphatic carbocycles. The molecule has 0 bridgehead atoms. The lowest BCUT2D eigenvalue weighted by atomic mass is 9.72. The Kier molecular flexibility index (Phi) is 4.82. The van der Waals surface area contributed by atoms with Gasteiger partial charge < -0.3 is 9.73 Å². The number of nitriles is 1. The van der Waals surface area contributed by atoms with Crippen molar-refractivity contribution in [3.8, 4) is 6.07 Å². The lowest BCUT2D eigenvalue weighted by molar-refractivity contribution is -0.111. The number of carbonyl (C=O) groups is 1. The standard InChI is InChI=1S/C20H22N2O2S/c1-20(2,3)13-6-8-15-16(12-21)19(25-17(15)11-13)22-18(23)9-7-14-5-4-10-24-14/h4-5,7,9-10,13H,6,8,11H2,1-3H3,(H,22,23)/b9-7+/t13-/m1/s1. The first kappa shape index (κ1) is 17.5. The van der Waals surface area contributed by atoms with Crippen LogP contribution in [0.1, 0.15) is 49.0 Å². The second-order valence-electron chi connectivity index (χ2n) is 7.46. The van der Waals surface area contributed by atoms with Crippen LogP contribution in [0.4, 0.5) is 5.00 Å². The Bertz CT molecular complexity index is 832. The van der Waals surface area contributed by atoms with Crippen LogP contribution < -0.4 is 5.32 Å². The fourth-order valence-electron chi connectivity index (χ4n) is 3.23. The van der Waals surface area contributed by atoms with Gasteiger partial charge in [0.15, 0.2) is 0 Å². The van der Waals surface area contributed by atoms with E-state index in [1.807, 2.05) is 0 Å². The van der Waals surface area contributed by atoms with Crippen LogP contribution in [0.3, 0.4) is 0 Å². The highest BCUT2D eigenvalue weighted by Crippen LogP contribution is 2.43. The molecule has 0 aromatic carbocycles. The fraction of sp³-hybridized carbons (Fsp3) is 0.400. The molecule has 1 N–H and O–H groups in total. The zero-order valence-corrected chi connectivity index (χ0v) is 15.6. The summed E-state index contributed by atoms with van der Waals surface area (Å²) in [5.74, 6) is 0.973. The van der Waals surface area contributed by atoms with Gasteiger partial charge in [0, 0.05) is 11.0 Å². The molecule has 0 radical (unpaired) electrons. The summed E-state index contributed by atoms with van der Waals surface area (Å²) in [5.41, 5.74) is 2.01. The predicted octanol–water partition coefficient (Wildman–Crippen LogP) is 5.02. The Balaban J connectivity index is 1.78. The van der Waals surface area contributed by atoms with E-state index in [1.165, 1.54) is 11.0 Å². The van der Waals surface area contributed by atoms with Crippen molar-refractivity contribution in [3.05, 3.63) is 46.2 Å². The molecule has 2 aromatic rings. The Hall–Kier alpha value is -2.32. The van der Waals surface area contributed by atoms with Crippen LogP contribution in [0.25, 0.3) is 6.08 Å². The number of thiophene rings is 1. The minimum atomic E-state index is -0.251. The summed E-state index contributed by atoms with van der Waals surface area (Å²) in [6.07, 6.45) is 7.59. The van der Waals surface area contributed by atoms with Gasteiger partial charge in [-0.05, 0) is 54.4 Å². The molecule has 4 nitrogen and oxygen atoms in total. The average Bonchev–Trinajstić information content (AvgIpc) is 3.18. The van der Waals surface area contributed by atoms with Gasteiger partial charge in [0.1, 0.15) is 16.8 Å². The van der Waals surface area contributed by atoms with Gasteiger partial charge in [-0.15, -0.1) is 11.3 Å².